The van der Waals surface area contributed by atoms with Crippen LogP contribution in [0.5, 0.6) is 0 Å². The summed E-state index contributed by atoms with van der Waals surface area (Å²) < 4.78 is 0. The number of benzene rings is 1. The first-order valence-electron chi connectivity index (χ1n) is 4.99. The minimum Gasteiger partial charge on any atom is -0.375 e. The molecule has 1 aromatic carbocycles. The van der Waals surface area contributed by atoms with Crippen molar-refractivity contribution < 1.29 is 4.79 Å². The average molecular weight is 302 g/mol. The first-order chi connectivity index (χ1) is 8.56. The number of nitrogen functional groups attached to an aromatic ring is 1. The van der Waals surface area contributed by atoms with E-state index in [0.29, 0.717) is 27.3 Å². The number of thiazole rings is 1. The zero-order valence-electron chi connectivity index (χ0n) is 9.11. The Bertz CT molecular complexity index is 585. The van der Waals surface area contributed by atoms with E-state index in [2.05, 4.69) is 10.3 Å². The SMILES string of the molecule is Nc1nc(CNC(=O)c2ccc(Cl)cc2Cl)cs1. The summed E-state index contributed by atoms with van der Waals surface area (Å²) in [6.07, 6.45) is 0. The molecule has 0 saturated carbocycles. The fourth-order valence-electron chi connectivity index (χ4n) is 1.34. The molecule has 0 aliphatic carbocycles. The molecule has 7 heteroatoms. The molecule has 2 rings (SSSR count). The summed E-state index contributed by atoms with van der Waals surface area (Å²) >= 11 is 13.0. The number of amides is 1. The van der Waals surface area contributed by atoms with Gasteiger partial charge in [-0.1, -0.05) is 23.2 Å². The number of halogens is 2. The van der Waals surface area contributed by atoms with Crippen molar-refractivity contribution in [3.63, 3.8) is 0 Å². The van der Waals surface area contributed by atoms with Crippen LogP contribution >= 0.6 is 34.5 Å². The topological polar surface area (TPSA) is 68.0 Å². The van der Waals surface area contributed by atoms with Gasteiger partial charge in [-0.05, 0) is 18.2 Å². The Balaban J connectivity index is 2.03. The number of carbonyl (C=O) groups excluding carboxylic acids is 1. The van der Waals surface area contributed by atoms with Crippen LogP contribution in [0.2, 0.25) is 10.0 Å². The molecule has 0 aliphatic heterocycles. The summed E-state index contributed by atoms with van der Waals surface area (Å²) in [4.78, 5) is 15.9. The minimum absolute atomic E-state index is 0.275. The largest absolute Gasteiger partial charge is 0.375 e. The van der Waals surface area contributed by atoms with Crippen molar-refractivity contribution in [1.29, 1.82) is 0 Å². The third kappa shape index (κ3) is 3.13. The number of hydrogen-bond acceptors (Lipinski definition) is 4. The Hall–Kier alpha value is -1.30. The lowest BCUT2D eigenvalue weighted by Crippen LogP contribution is -2.23. The molecule has 94 valence electrons. The summed E-state index contributed by atoms with van der Waals surface area (Å²) in [5, 5.41) is 5.78. The summed E-state index contributed by atoms with van der Waals surface area (Å²) in [7, 11) is 0. The van der Waals surface area contributed by atoms with Crippen molar-refractivity contribution in [3.8, 4) is 0 Å². The maximum absolute atomic E-state index is 11.9. The fraction of sp³-hybridized carbons (Fsp3) is 0.0909. The van der Waals surface area contributed by atoms with Gasteiger partial charge in [-0.25, -0.2) is 4.98 Å². The normalized spacial score (nSPS) is 10.3. The molecule has 4 nitrogen and oxygen atoms in total. The van der Waals surface area contributed by atoms with E-state index in [4.69, 9.17) is 28.9 Å². The van der Waals surface area contributed by atoms with Gasteiger partial charge < -0.3 is 11.1 Å². The standard InChI is InChI=1S/C11H9Cl2N3OS/c12-6-1-2-8(9(13)3-6)10(17)15-4-7-5-18-11(14)16-7/h1-3,5H,4H2,(H2,14,16)(H,15,17). The average Bonchev–Trinajstić information content (AvgIpc) is 2.72. The van der Waals surface area contributed by atoms with Crippen molar-refractivity contribution in [2.75, 3.05) is 5.73 Å². The molecule has 0 radical (unpaired) electrons. The molecule has 0 saturated heterocycles. The van der Waals surface area contributed by atoms with E-state index in [1.54, 1.807) is 17.5 Å². The number of rotatable bonds is 3. The molecule has 18 heavy (non-hydrogen) atoms. The van der Waals surface area contributed by atoms with E-state index in [1.165, 1.54) is 17.4 Å². The summed E-state index contributed by atoms with van der Waals surface area (Å²) in [5.41, 5.74) is 6.59. The second kappa shape index (κ2) is 5.56. The third-order valence-corrected chi connectivity index (χ3v) is 3.45. The van der Waals surface area contributed by atoms with Crippen molar-refractivity contribution in [1.82, 2.24) is 10.3 Å². The molecule has 1 aromatic heterocycles. The molecule has 0 unspecified atom stereocenters. The molecule has 0 atom stereocenters. The molecule has 0 aliphatic rings. The number of hydrogen-bond donors (Lipinski definition) is 2. The van der Waals surface area contributed by atoms with E-state index in [-0.39, 0.29) is 5.91 Å². The molecule has 3 N–H and O–H groups in total. The zero-order valence-corrected chi connectivity index (χ0v) is 11.4. The molecular weight excluding hydrogens is 293 g/mol. The van der Waals surface area contributed by atoms with Crippen molar-refractivity contribution in [3.05, 3.63) is 44.9 Å². The van der Waals surface area contributed by atoms with Gasteiger partial charge in [-0.3, -0.25) is 4.79 Å². The fourth-order valence-corrected chi connectivity index (χ4v) is 2.40. The highest BCUT2D eigenvalue weighted by molar-refractivity contribution is 7.13. The van der Waals surface area contributed by atoms with E-state index in [1.807, 2.05) is 0 Å². The van der Waals surface area contributed by atoms with Crippen molar-refractivity contribution in [2.24, 2.45) is 0 Å². The van der Waals surface area contributed by atoms with Crippen LogP contribution in [0.1, 0.15) is 16.1 Å². The van der Waals surface area contributed by atoms with Gasteiger partial charge in [0.05, 0.1) is 22.8 Å². The number of carbonyl (C=O) groups is 1. The van der Waals surface area contributed by atoms with E-state index in [9.17, 15) is 4.79 Å². The van der Waals surface area contributed by atoms with Crippen LogP contribution in [0.4, 0.5) is 5.13 Å². The zero-order chi connectivity index (χ0) is 13.1. The summed E-state index contributed by atoms with van der Waals surface area (Å²) in [6.45, 7) is 0.311. The van der Waals surface area contributed by atoms with Gasteiger partial charge in [0.25, 0.3) is 5.91 Å². The van der Waals surface area contributed by atoms with Gasteiger partial charge in [0.2, 0.25) is 0 Å². The molecule has 1 amide bonds. The van der Waals surface area contributed by atoms with Crippen LogP contribution in [0.15, 0.2) is 23.6 Å². The highest BCUT2D eigenvalue weighted by Crippen LogP contribution is 2.21. The van der Waals surface area contributed by atoms with Gasteiger partial charge in [0.15, 0.2) is 5.13 Å². The van der Waals surface area contributed by atoms with Crippen LogP contribution in [-0.4, -0.2) is 10.9 Å². The van der Waals surface area contributed by atoms with E-state index >= 15 is 0 Å². The Kier molecular flexibility index (Phi) is 4.06. The Morgan fingerprint density at radius 1 is 1.44 bits per heavy atom. The van der Waals surface area contributed by atoms with Crippen molar-refractivity contribution in [2.45, 2.75) is 6.54 Å². The smallest absolute Gasteiger partial charge is 0.253 e. The molecule has 0 bridgehead atoms. The van der Waals surface area contributed by atoms with Crippen LogP contribution in [0.3, 0.4) is 0 Å². The first kappa shape index (κ1) is 13.1. The molecule has 2 aromatic rings. The van der Waals surface area contributed by atoms with Gasteiger partial charge in [0.1, 0.15) is 0 Å². The minimum atomic E-state index is -0.275. The number of nitrogens with one attached hydrogen (secondary N) is 1. The van der Waals surface area contributed by atoms with Gasteiger partial charge in [-0.15, -0.1) is 11.3 Å². The van der Waals surface area contributed by atoms with Crippen molar-refractivity contribution >= 4 is 45.6 Å². The van der Waals surface area contributed by atoms with Crippen LogP contribution in [0.25, 0.3) is 0 Å². The highest BCUT2D eigenvalue weighted by Gasteiger charge is 2.10. The van der Waals surface area contributed by atoms with Crippen LogP contribution < -0.4 is 11.1 Å². The second-order valence-electron chi connectivity index (χ2n) is 3.48. The van der Waals surface area contributed by atoms with Gasteiger partial charge in [-0.2, -0.15) is 0 Å². The predicted molar refractivity (Wildman–Crippen MR) is 74.2 cm³/mol. The maximum atomic E-state index is 11.9. The lowest BCUT2D eigenvalue weighted by Gasteiger charge is -2.05. The Morgan fingerprint density at radius 3 is 2.83 bits per heavy atom. The lowest BCUT2D eigenvalue weighted by molar-refractivity contribution is 0.0950. The predicted octanol–water partition coefficient (Wildman–Crippen LogP) is 2.96. The molecular formula is C11H9Cl2N3OS. The van der Waals surface area contributed by atoms with Gasteiger partial charge >= 0.3 is 0 Å². The summed E-state index contributed by atoms with van der Waals surface area (Å²) in [6, 6.07) is 4.72. The quantitative estimate of drug-likeness (QED) is 0.916. The van der Waals surface area contributed by atoms with E-state index < -0.39 is 0 Å². The van der Waals surface area contributed by atoms with Crippen LogP contribution in [-0.2, 0) is 6.54 Å². The van der Waals surface area contributed by atoms with Crippen LogP contribution in [0, 0.1) is 0 Å². The maximum Gasteiger partial charge on any atom is 0.253 e. The Morgan fingerprint density at radius 2 is 2.22 bits per heavy atom. The number of nitrogens with two attached hydrogens (primary N) is 1. The molecule has 0 fully saturated rings. The van der Waals surface area contributed by atoms with E-state index in [0.717, 1.165) is 5.69 Å². The third-order valence-electron chi connectivity index (χ3n) is 2.18. The number of aromatic nitrogens is 1. The summed E-state index contributed by atoms with van der Waals surface area (Å²) in [5.74, 6) is -0.275. The van der Waals surface area contributed by atoms with Gasteiger partial charge in [0, 0.05) is 10.4 Å². The molecule has 1 heterocycles. The number of anilines is 1. The second-order valence-corrected chi connectivity index (χ2v) is 5.22. The monoisotopic (exact) mass is 301 g/mol. The Labute approximate surface area is 118 Å². The molecule has 0 spiro atoms. The lowest BCUT2D eigenvalue weighted by atomic mass is 10.2. The number of nitrogens with zero attached hydrogens (tertiary/aromatic N) is 1. The first-order valence-corrected chi connectivity index (χ1v) is 6.63. The highest BCUT2D eigenvalue weighted by atomic mass is 35.5.